The number of unbranched alkanes of at least 4 members (excludes halogenated alkanes) is 15. The third-order valence-electron chi connectivity index (χ3n) is 6.45. The highest BCUT2D eigenvalue weighted by atomic mass is 16.6. The zero-order valence-electron chi connectivity index (χ0n) is 21.1. The summed E-state index contributed by atoms with van der Waals surface area (Å²) < 4.78 is 0. The van der Waals surface area contributed by atoms with Gasteiger partial charge in [-0.25, -0.2) is 0 Å². The number of nitrogens with one attached hydrogen (secondary N) is 1. The molecular weight excluding hydrogens is 412 g/mol. The molecule has 0 saturated heterocycles. The van der Waals surface area contributed by atoms with Crippen LogP contribution in [-0.4, -0.2) is 16.9 Å². The van der Waals surface area contributed by atoms with Gasteiger partial charge in [0.15, 0.2) is 0 Å². The maximum atomic E-state index is 12.0. The van der Waals surface area contributed by atoms with Gasteiger partial charge in [-0.2, -0.15) is 0 Å². The number of rotatable bonds is 22. The molecule has 5 heteroatoms. The van der Waals surface area contributed by atoms with Crippen molar-refractivity contribution in [2.24, 2.45) is 0 Å². The maximum Gasteiger partial charge on any atom is 0.224 e. The fourth-order valence-corrected chi connectivity index (χ4v) is 4.33. The Labute approximate surface area is 202 Å². The molecule has 1 amide bonds. The van der Waals surface area contributed by atoms with Crippen LogP contribution in [0.3, 0.4) is 0 Å². The van der Waals surface area contributed by atoms with Gasteiger partial charge in [0.25, 0.3) is 0 Å². The zero-order chi connectivity index (χ0) is 24.0. The van der Waals surface area contributed by atoms with Gasteiger partial charge >= 0.3 is 0 Å². The second kappa shape index (κ2) is 20.7. The van der Waals surface area contributed by atoms with Gasteiger partial charge in [-0.15, -0.1) is 0 Å². The minimum atomic E-state index is -0.613. The van der Waals surface area contributed by atoms with Gasteiger partial charge in [0.05, 0.1) is 0 Å². The van der Waals surface area contributed by atoms with Crippen molar-refractivity contribution in [3.8, 4) is 0 Å². The molecule has 0 aliphatic carbocycles. The lowest BCUT2D eigenvalue weighted by Crippen LogP contribution is -2.22. The lowest BCUT2D eigenvalue weighted by molar-refractivity contribution is -0.524. The van der Waals surface area contributed by atoms with E-state index in [1.165, 1.54) is 83.5 Å². The number of carbonyl (C=O) groups excluding carboxylic acids is 1. The van der Waals surface area contributed by atoms with E-state index in [0.717, 1.165) is 24.9 Å². The summed E-state index contributed by atoms with van der Waals surface area (Å²) in [5.41, 5.74) is 0.734. The number of amides is 1. The molecule has 0 saturated carbocycles. The number of anilines is 1. The minimum absolute atomic E-state index is 0.153. The minimum Gasteiger partial charge on any atom is -0.326 e. The van der Waals surface area contributed by atoms with Crippen molar-refractivity contribution in [2.45, 2.75) is 135 Å². The molecule has 0 bridgehead atoms. The predicted molar refractivity (Wildman–Crippen MR) is 139 cm³/mol. The van der Waals surface area contributed by atoms with Crippen molar-refractivity contribution in [2.75, 3.05) is 5.32 Å². The van der Waals surface area contributed by atoms with Crippen LogP contribution in [0, 0.1) is 10.1 Å². The van der Waals surface area contributed by atoms with E-state index in [9.17, 15) is 14.9 Å². The smallest absolute Gasteiger partial charge is 0.224 e. The van der Waals surface area contributed by atoms with Crippen LogP contribution in [-0.2, 0) is 4.79 Å². The number of nitro groups is 1. The Bertz CT molecular complexity index is 606. The van der Waals surface area contributed by atoms with E-state index in [2.05, 4.69) is 12.2 Å². The summed E-state index contributed by atoms with van der Waals surface area (Å²) in [6.07, 6.45) is 21.9. The van der Waals surface area contributed by atoms with Crippen LogP contribution in [0.25, 0.3) is 0 Å². The summed E-state index contributed by atoms with van der Waals surface area (Å²) in [5.74, 6) is -0.153. The highest BCUT2D eigenvalue weighted by Gasteiger charge is 2.20. The first-order chi connectivity index (χ1) is 16.1. The first kappa shape index (κ1) is 29.1. The number of para-hydroxylation sites is 1. The van der Waals surface area contributed by atoms with Gasteiger partial charge in [-0.05, 0) is 18.6 Å². The van der Waals surface area contributed by atoms with E-state index in [1.807, 2.05) is 30.3 Å². The second-order valence-corrected chi connectivity index (χ2v) is 9.48. The molecule has 0 aromatic heterocycles. The molecule has 33 heavy (non-hydrogen) atoms. The molecule has 0 radical (unpaired) electrons. The quantitative estimate of drug-likeness (QED) is 0.107. The molecule has 5 nitrogen and oxygen atoms in total. The van der Waals surface area contributed by atoms with Crippen LogP contribution < -0.4 is 5.32 Å². The van der Waals surface area contributed by atoms with Crippen molar-refractivity contribution < 1.29 is 9.72 Å². The number of nitrogens with zero attached hydrogens (tertiary/aromatic N) is 1. The van der Waals surface area contributed by atoms with E-state index < -0.39 is 6.04 Å². The van der Waals surface area contributed by atoms with E-state index in [1.54, 1.807) is 0 Å². The van der Waals surface area contributed by atoms with Gasteiger partial charge in [-0.1, -0.05) is 121 Å². The maximum absolute atomic E-state index is 12.0. The van der Waals surface area contributed by atoms with Crippen molar-refractivity contribution >= 4 is 11.6 Å². The van der Waals surface area contributed by atoms with Crippen LogP contribution in [0.15, 0.2) is 30.3 Å². The third-order valence-corrected chi connectivity index (χ3v) is 6.45. The summed E-state index contributed by atoms with van der Waals surface area (Å²) in [6, 6.07) is 8.62. The van der Waals surface area contributed by atoms with Crippen molar-refractivity contribution in [1.29, 1.82) is 0 Å². The summed E-state index contributed by atoms with van der Waals surface area (Å²) in [6.45, 7) is 2.27. The molecule has 0 fully saturated rings. The van der Waals surface area contributed by atoms with Crippen molar-refractivity contribution in [3.05, 3.63) is 40.4 Å². The molecule has 1 atom stereocenters. The van der Waals surface area contributed by atoms with Crippen molar-refractivity contribution in [3.63, 3.8) is 0 Å². The summed E-state index contributed by atoms with van der Waals surface area (Å²) in [5, 5.41) is 14.1. The van der Waals surface area contributed by atoms with E-state index >= 15 is 0 Å². The summed E-state index contributed by atoms with van der Waals surface area (Å²) in [4.78, 5) is 23.2. The Morgan fingerprint density at radius 1 is 0.758 bits per heavy atom. The van der Waals surface area contributed by atoms with Crippen LogP contribution in [0.1, 0.15) is 129 Å². The molecule has 1 rings (SSSR count). The molecule has 0 aliphatic rings. The molecule has 0 spiro atoms. The molecular formula is C28H48N2O3. The molecule has 1 aromatic carbocycles. The molecule has 1 N–H and O–H groups in total. The monoisotopic (exact) mass is 460 g/mol. The van der Waals surface area contributed by atoms with Gasteiger partial charge < -0.3 is 5.32 Å². The van der Waals surface area contributed by atoms with E-state index in [0.29, 0.717) is 12.8 Å². The topological polar surface area (TPSA) is 72.2 Å². The molecule has 1 aromatic rings. The standard InChI is InChI=1S/C28H48N2O3/c1-2-3-4-5-6-7-8-9-10-11-12-13-14-15-16-20-23-27(30(32)33)24-25-28(31)29-26-21-18-17-19-22-26/h17-19,21-22,27H,2-16,20,23-25H2,1H3,(H,29,31). The Kier molecular flexibility index (Phi) is 18.2. The number of hydrogen-bond donors (Lipinski definition) is 1. The predicted octanol–water partition coefficient (Wildman–Crippen LogP) is 8.70. The largest absolute Gasteiger partial charge is 0.326 e. The highest BCUT2D eigenvalue weighted by molar-refractivity contribution is 5.90. The SMILES string of the molecule is CCCCCCCCCCCCCCCCCCC(CCC(=O)Nc1ccccc1)[N+](=O)[O-]. The number of benzene rings is 1. The molecule has 0 heterocycles. The Morgan fingerprint density at radius 3 is 1.67 bits per heavy atom. The zero-order valence-corrected chi connectivity index (χ0v) is 21.1. The Hall–Kier alpha value is -1.91. The summed E-state index contributed by atoms with van der Waals surface area (Å²) >= 11 is 0. The van der Waals surface area contributed by atoms with Crippen LogP contribution >= 0.6 is 0 Å². The fourth-order valence-electron chi connectivity index (χ4n) is 4.33. The van der Waals surface area contributed by atoms with Crippen LogP contribution in [0.2, 0.25) is 0 Å². The first-order valence-corrected chi connectivity index (χ1v) is 13.6. The van der Waals surface area contributed by atoms with Crippen LogP contribution in [0.4, 0.5) is 5.69 Å². The van der Waals surface area contributed by atoms with Crippen molar-refractivity contribution in [1.82, 2.24) is 0 Å². The average molecular weight is 461 g/mol. The Morgan fingerprint density at radius 2 is 1.21 bits per heavy atom. The van der Waals surface area contributed by atoms with E-state index in [-0.39, 0.29) is 17.3 Å². The number of hydrogen-bond acceptors (Lipinski definition) is 3. The molecule has 1 unspecified atom stereocenters. The lowest BCUT2D eigenvalue weighted by atomic mass is 10.0. The second-order valence-electron chi connectivity index (χ2n) is 9.48. The van der Waals surface area contributed by atoms with Crippen LogP contribution in [0.5, 0.6) is 0 Å². The summed E-state index contributed by atoms with van der Waals surface area (Å²) in [7, 11) is 0. The molecule has 0 aliphatic heterocycles. The normalized spacial score (nSPS) is 11.9. The first-order valence-electron chi connectivity index (χ1n) is 13.6. The van der Waals surface area contributed by atoms with Gasteiger partial charge in [0, 0.05) is 29.9 Å². The van der Waals surface area contributed by atoms with E-state index in [4.69, 9.17) is 0 Å². The van der Waals surface area contributed by atoms with Gasteiger partial charge in [-0.3, -0.25) is 14.9 Å². The number of carbonyl (C=O) groups is 1. The average Bonchev–Trinajstić information content (AvgIpc) is 2.81. The highest BCUT2D eigenvalue weighted by Crippen LogP contribution is 2.16. The van der Waals surface area contributed by atoms with Gasteiger partial charge in [0.1, 0.15) is 0 Å². The Balaban J connectivity index is 1.94. The molecule has 188 valence electrons. The fraction of sp³-hybridized carbons (Fsp3) is 0.750. The third kappa shape index (κ3) is 17.3. The lowest BCUT2D eigenvalue weighted by Gasteiger charge is -2.10. The van der Waals surface area contributed by atoms with Gasteiger partial charge in [0.2, 0.25) is 11.9 Å².